The first-order valence-corrected chi connectivity index (χ1v) is 16.2. The van der Waals surface area contributed by atoms with Gasteiger partial charge in [-0.1, -0.05) is 140 Å². The average molecular weight is 612 g/mol. The van der Waals surface area contributed by atoms with Gasteiger partial charge in [-0.25, -0.2) is 4.98 Å². The molecule has 4 aromatic heterocycles. The van der Waals surface area contributed by atoms with E-state index >= 15 is 0 Å². The van der Waals surface area contributed by atoms with Crippen molar-refractivity contribution in [2.24, 2.45) is 0 Å². The van der Waals surface area contributed by atoms with E-state index in [1.54, 1.807) is 0 Å². The Hall–Kier alpha value is -6.59. The van der Waals surface area contributed by atoms with Gasteiger partial charge in [-0.2, -0.15) is 9.97 Å². The van der Waals surface area contributed by atoms with Crippen molar-refractivity contribution in [3.05, 3.63) is 152 Å². The molecule has 48 heavy (non-hydrogen) atoms. The van der Waals surface area contributed by atoms with Crippen LogP contribution in [0.3, 0.4) is 0 Å². The first kappa shape index (κ1) is 25.6. The number of hydrogen-bond donors (Lipinski definition) is 0. The summed E-state index contributed by atoms with van der Waals surface area (Å²) in [5.74, 6) is 1.88. The Kier molecular flexibility index (Phi) is 5.05. The molecule has 0 unspecified atom stereocenters. The van der Waals surface area contributed by atoms with Crippen molar-refractivity contribution in [2.75, 3.05) is 0 Å². The maximum Gasteiger partial charge on any atom is 0.238 e. The largest absolute Gasteiger partial charge is 0.307 e. The lowest BCUT2D eigenvalue weighted by Gasteiger charge is -2.12. The van der Waals surface area contributed by atoms with Gasteiger partial charge in [0.1, 0.15) is 0 Å². The predicted octanol–water partition coefficient (Wildman–Crippen LogP) is 10.6. The van der Waals surface area contributed by atoms with Gasteiger partial charge in [0.15, 0.2) is 11.6 Å². The fourth-order valence-corrected chi connectivity index (χ4v) is 7.95. The van der Waals surface area contributed by atoms with Crippen LogP contribution in [0.2, 0.25) is 0 Å². The minimum atomic E-state index is 0.597. The van der Waals surface area contributed by atoms with Crippen LogP contribution in [-0.2, 0) is 0 Å². The van der Waals surface area contributed by atoms with E-state index < -0.39 is 0 Å². The van der Waals surface area contributed by atoms with Crippen molar-refractivity contribution < 1.29 is 0 Å². The van der Waals surface area contributed by atoms with Crippen LogP contribution in [0.1, 0.15) is 0 Å². The van der Waals surface area contributed by atoms with Crippen LogP contribution in [0.25, 0.3) is 99.4 Å². The third kappa shape index (κ3) is 3.32. The molecule has 7 aromatic carbocycles. The number of benzene rings is 7. The summed E-state index contributed by atoms with van der Waals surface area (Å²) in [4.78, 5) is 15.4. The highest BCUT2D eigenvalue weighted by Gasteiger charge is 2.26. The summed E-state index contributed by atoms with van der Waals surface area (Å²) in [6.07, 6.45) is 0. The highest BCUT2D eigenvalue weighted by Crippen LogP contribution is 2.48. The average Bonchev–Trinajstić information content (AvgIpc) is 3.81. The second-order valence-electron chi connectivity index (χ2n) is 12.4. The van der Waals surface area contributed by atoms with E-state index in [4.69, 9.17) is 15.0 Å². The molecular weight excluding hydrogens is 587 g/mol. The zero-order chi connectivity index (χ0) is 31.3. The lowest BCUT2D eigenvalue weighted by atomic mass is 9.98. The summed E-state index contributed by atoms with van der Waals surface area (Å²) >= 11 is 0. The first-order valence-electron chi connectivity index (χ1n) is 16.2. The molecule has 0 fully saturated rings. The van der Waals surface area contributed by atoms with Gasteiger partial charge >= 0.3 is 0 Å². The molecule has 0 bridgehead atoms. The molecule has 0 saturated carbocycles. The second kappa shape index (κ2) is 9.47. The van der Waals surface area contributed by atoms with Crippen molar-refractivity contribution in [3.8, 4) is 28.7 Å². The molecule has 0 radical (unpaired) electrons. The molecule has 0 amide bonds. The number of aromatic nitrogens is 5. The molecule has 4 heterocycles. The Labute approximate surface area is 274 Å². The van der Waals surface area contributed by atoms with Crippen molar-refractivity contribution >= 4 is 70.7 Å². The fourth-order valence-electron chi connectivity index (χ4n) is 7.95. The highest BCUT2D eigenvalue weighted by atomic mass is 15.2. The van der Waals surface area contributed by atoms with Gasteiger partial charge in [-0.05, 0) is 12.1 Å². The fraction of sp³-hybridized carbons (Fsp3) is 0. The minimum Gasteiger partial charge on any atom is -0.307 e. The molecule has 5 nitrogen and oxygen atoms in total. The van der Waals surface area contributed by atoms with Crippen LogP contribution >= 0.6 is 0 Å². The van der Waals surface area contributed by atoms with E-state index in [1.807, 2.05) is 36.4 Å². The zero-order valence-corrected chi connectivity index (χ0v) is 25.7. The summed E-state index contributed by atoms with van der Waals surface area (Å²) in [5.41, 5.74) is 7.78. The molecule has 11 rings (SSSR count). The molecule has 222 valence electrons. The van der Waals surface area contributed by atoms with Crippen LogP contribution in [0.4, 0.5) is 0 Å². The maximum absolute atomic E-state index is 5.22. The van der Waals surface area contributed by atoms with Gasteiger partial charge in [-0.3, -0.25) is 4.57 Å². The van der Waals surface area contributed by atoms with Crippen molar-refractivity contribution in [3.63, 3.8) is 0 Å². The van der Waals surface area contributed by atoms with Crippen molar-refractivity contribution in [2.45, 2.75) is 0 Å². The van der Waals surface area contributed by atoms with Gasteiger partial charge in [0.25, 0.3) is 0 Å². The summed E-state index contributed by atoms with van der Waals surface area (Å²) in [7, 11) is 0. The minimum absolute atomic E-state index is 0.597. The van der Waals surface area contributed by atoms with Gasteiger partial charge in [-0.15, -0.1) is 0 Å². The molecule has 11 aromatic rings. The Balaban J connectivity index is 1.38. The molecule has 0 aliphatic rings. The molecule has 0 saturated heterocycles. The molecule has 0 aliphatic carbocycles. The molecule has 0 N–H and O–H groups in total. The SMILES string of the molecule is c1ccc(-c2nc(-c3ccccc3)nc(-n3c4ccccc4c4c5c6cccc7c8ccccc8n(c76)c5c5ccccc5c43)n2)cc1. The van der Waals surface area contributed by atoms with E-state index in [2.05, 4.69) is 124 Å². The third-order valence-electron chi connectivity index (χ3n) is 9.87. The lowest BCUT2D eigenvalue weighted by Crippen LogP contribution is -2.06. The summed E-state index contributed by atoms with van der Waals surface area (Å²) < 4.78 is 4.76. The van der Waals surface area contributed by atoms with Gasteiger partial charge in [0.2, 0.25) is 5.95 Å². The Morgan fingerprint density at radius 1 is 0.333 bits per heavy atom. The quantitative estimate of drug-likeness (QED) is 0.200. The van der Waals surface area contributed by atoms with Crippen LogP contribution < -0.4 is 0 Å². The topological polar surface area (TPSA) is 48.0 Å². The number of para-hydroxylation sites is 3. The molecule has 0 spiro atoms. The van der Waals surface area contributed by atoms with Crippen LogP contribution in [0.5, 0.6) is 0 Å². The van der Waals surface area contributed by atoms with Crippen LogP contribution in [0.15, 0.2) is 152 Å². The predicted molar refractivity (Wildman–Crippen MR) is 197 cm³/mol. The van der Waals surface area contributed by atoms with E-state index in [9.17, 15) is 0 Å². The molecule has 0 atom stereocenters. The standard InChI is InChI=1S/C43H25N5/c1-3-14-26(15-4-1)41-44-42(27-16-5-2-6-17-27)46-43(45-41)48-35-25-12-10-21-32(35)36-37-33-23-13-22-29-28-18-9-11-24-34(28)47(38(29)33)39(37)30-19-7-8-20-31(30)40(36)48/h1-25H. The van der Waals surface area contributed by atoms with E-state index in [1.165, 1.54) is 54.3 Å². The zero-order valence-electron chi connectivity index (χ0n) is 25.7. The Morgan fingerprint density at radius 3 is 1.50 bits per heavy atom. The third-order valence-corrected chi connectivity index (χ3v) is 9.87. The first-order chi connectivity index (χ1) is 23.8. The van der Waals surface area contributed by atoms with Gasteiger partial charge in [0.05, 0.1) is 27.6 Å². The molecule has 5 heteroatoms. The van der Waals surface area contributed by atoms with E-state index in [0.717, 1.165) is 27.5 Å². The summed E-state index contributed by atoms with van der Waals surface area (Å²) in [6.45, 7) is 0. The highest BCUT2D eigenvalue weighted by molar-refractivity contribution is 6.39. The van der Waals surface area contributed by atoms with Crippen LogP contribution in [-0.4, -0.2) is 23.9 Å². The number of rotatable bonds is 3. The summed E-state index contributed by atoms with van der Waals surface area (Å²) in [6, 6.07) is 53.4. The number of hydrogen-bond acceptors (Lipinski definition) is 3. The number of nitrogens with zero attached hydrogens (tertiary/aromatic N) is 5. The van der Waals surface area contributed by atoms with E-state index in [-0.39, 0.29) is 0 Å². The van der Waals surface area contributed by atoms with Crippen molar-refractivity contribution in [1.82, 2.24) is 23.9 Å². The molecular formula is C43H25N5. The van der Waals surface area contributed by atoms with Crippen molar-refractivity contribution in [1.29, 1.82) is 0 Å². The van der Waals surface area contributed by atoms with E-state index in [0.29, 0.717) is 17.6 Å². The maximum atomic E-state index is 5.22. The van der Waals surface area contributed by atoms with Gasteiger partial charge < -0.3 is 4.40 Å². The Morgan fingerprint density at radius 2 is 0.812 bits per heavy atom. The summed E-state index contributed by atoms with van der Waals surface area (Å²) in [5, 5.41) is 9.80. The second-order valence-corrected chi connectivity index (χ2v) is 12.4. The van der Waals surface area contributed by atoms with Crippen LogP contribution in [0, 0.1) is 0 Å². The van der Waals surface area contributed by atoms with Gasteiger partial charge in [0, 0.05) is 54.2 Å². The monoisotopic (exact) mass is 611 g/mol. The molecule has 0 aliphatic heterocycles. The number of fused-ring (bicyclic) bond motifs is 13. The Bertz CT molecular complexity index is 2990. The lowest BCUT2D eigenvalue weighted by molar-refractivity contribution is 0.955. The smallest absolute Gasteiger partial charge is 0.238 e. The normalized spacial score (nSPS) is 12.2.